The normalized spacial score (nSPS) is 19.6. The summed E-state index contributed by atoms with van der Waals surface area (Å²) >= 11 is 0. The Kier molecular flexibility index (Phi) is 2.97. The second-order valence-electron chi connectivity index (χ2n) is 6.44. The maximum absolute atomic E-state index is 9.53. The Bertz CT molecular complexity index is 646. The Morgan fingerprint density at radius 3 is 2.65 bits per heavy atom. The van der Waals surface area contributed by atoms with Crippen molar-refractivity contribution in [3.8, 4) is 5.75 Å². The highest BCUT2D eigenvalue weighted by atomic mass is 16.3. The Labute approximate surface area is 120 Å². The minimum atomic E-state index is 0.189. The lowest BCUT2D eigenvalue weighted by atomic mass is 9.85. The third kappa shape index (κ3) is 2.15. The first-order valence-electron chi connectivity index (χ1n) is 7.11. The number of nitrogens with one attached hydrogen (secondary N) is 1. The summed E-state index contributed by atoms with van der Waals surface area (Å²) in [6.07, 6.45) is 1.10. The second-order valence-corrected chi connectivity index (χ2v) is 6.44. The summed E-state index contributed by atoms with van der Waals surface area (Å²) in [4.78, 5) is 0. The van der Waals surface area contributed by atoms with Crippen LogP contribution in [0.3, 0.4) is 0 Å². The molecule has 1 atom stereocenters. The van der Waals surface area contributed by atoms with Crippen LogP contribution in [-0.2, 0) is 6.42 Å². The van der Waals surface area contributed by atoms with Gasteiger partial charge in [-0.15, -0.1) is 0 Å². The summed E-state index contributed by atoms with van der Waals surface area (Å²) in [5, 5.41) is 13.2. The maximum Gasteiger partial charge on any atom is 0.115 e. The minimum absolute atomic E-state index is 0.189. The van der Waals surface area contributed by atoms with Crippen molar-refractivity contribution in [2.24, 2.45) is 5.41 Å². The number of anilines is 1. The van der Waals surface area contributed by atoms with Gasteiger partial charge in [0.05, 0.1) is 6.04 Å². The lowest BCUT2D eigenvalue weighted by Crippen LogP contribution is -2.24. The van der Waals surface area contributed by atoms with Gasteiger partial charge in [0, 0.05) is 5.69 Å². The molecule has 0 saturated heterocycles. The summed E-state index contributed by atoms with van der Waals surface area (Å²) in [5.74, 6) is 0.319. The van der Waals surface area contributed by atoms with E-state index < -0.39 is 0 Å². The average molecular weight is 267 g/mol. The molecule has 0 aliphatic heterocycles. The molecule has 0 bridgehead atoms. The quantitative estimate of drug-likeness (QED) is 0.789. The Hall–Kier alpha value is -1.96. The second kappa shape index (κ2) is 4.55. The first kappa shape index (κ1) is 13.0. The van der Waals surface area contributed by atoms with Crippen LogP contribution >= 0.6 is 0 Å². The van der Waals surface area contributed by atoms with Crippen molar-refractivity contribution in [2.45, 2.75) is 33.2 Å². The van der Waals surface area contributed by atoms with Crippen LogP contribution in [0, 0.1) is 12.3 Å². The molecule has 0 aromatic heterocycles. The summed E-state index contributed by atoms with van der Waals surface area (Å²) in [6.45, 7) is 6.64. The topological polar surface area (TPSA) is 32.3 Å². The first-order chi connectivity index (χ1) is 9.47. The molecule has 104 valence electrons. The van der Waals surface area contributed by atoms with Gasteiger partial charge in [-0.2, -0.15) is 0 Å². The van der Waals surface area contributed by atoms with E-state index in [0.717, 1.165) is 17.7 Å². The van der Waals surface area contributed by atoms with E-state index in [9.17, 15) is 5.11 Å². The van der Waals surface area contributed by atoms with Gasteiger partial charge in [0.2, 0.25) is 0 Å². The zero-order chi connectivity index (χ0) is 14.3. The maximum atomic E-state index is 9.53. The molecule has 3 rings (SSSR count). The molecular formula is C18H21NO. The zero-order valence-corrected chi connectivity index (χ0v) is 12.3. The molecule has 1 aliphatic rings. The van der Waals surface area contributed by atoms with Crippen LogP contribution in [0.5, 0.6) is 5.75 Å². The third-order valence-electron chi connectivity index (χ3n) is 4.30. The molecule has 2 N–H and O–H groups in total. The highest BCUT2D eigenvalue weighted by molar-refractivity contribution is 5.56. The molecule has 2 aromatic carbocycles. The molecule has 1 unspecified atom stereocenters. The van der Waals surface area contributed by atoms with E-state index in [0.29, 0.717) is 11.8 Å². The number of rotatable bonds is 2. The van der Waals surface area contributed by atoms with Gasteiger partial charge in [0.25, 0.3) is 0 Å². The molecule has 20 heavy (non-hydrogen) atoms. The summed E-state index contributed by atoms with van der Waals surface area (Å²) in [5.41, 5.74) is 5.19. The van der Waals surface area contributed by atoms with Crippen molar-refractivity contribution < 1.29 is 5.11 Å². The Balaban J connectivity index is 1.97. The molecule has 1 aliphatic carbocycles. The predicted octanol–water partition coefficient (Wildman–Crippen LogP) is 4.44. The SMILES string of the molecule is Cc1cc(O)ccc1NC1c2ccccc2CC1(C)C. The van der Waals surface area contributed by atoms with Crippen molar-refractivity contribution in [2.75, 3.05) is 5.32 Å². The standard InChI is InChI=1S/C18H21NO/c1-12-10-14(20)8-9-16(12)19-17-15-7-5-4-6-13(15)11-18(17,2)3/h4-10,17,19-20H,11H2,1-3H3. The lowest BCUT2D eigenvalue weighted by molar-refractivity contribution is 0.337. The minimum Gasteiger partial charge on any atom is -0.508 e. The fraction of sp³-hybridized carbons (Fsp3) is 0.333. The highest BCUT2D eigenvalue weighted by Gasteiger charge is 2.38. The molecule has 0 spiro atoms. The molecule has 2 heteroatoms. The van der Waals surface area contributed by atoms with E-state index in [1.807, 2.05) is 13.0 Å². The van der Waals surface area contributed by atoms with E-state index >= 15 is 0 Å². The van der Waals surface area contributed by atoms with Crippen LogP contribution in [0.15, 0.2) is 42.5 Å². The smallest absolute Gasteiger partial charge is 0.115 e. The van der Waals surface area contributed by atoms with Crippen molar-refractivity contribution in [3.05, 3.63) is 59.2 Å². The van der Waals surface area contributed by atoms with Crippen molar-refractivity contribution in [3.63, 3.8) is 0 Å². The largest absolute Gasteiger partial charge is 0.508 e. The van der Waals surface area contributed by atoms with E-state index in [1.54, 1.807) is 12.1 Å². The molecule has 0 radical (unpaired) electrons. The molecule has 0 fully saturated rings. The van der Waals surface area contributed by atoms with Gasteiger partial charge in [0.15, 0.2) is 0 Å². The predicted molar refractivity (Wildman–Crippen MR) is 83.1 cm³/mol. The van der Waals surface area contributed by atoms with Gasteiger partial charge in [-0.3, -0.25) is 0 Å². The Morgan fingerprint density at radius 2 is 1.90 bits per heavy atom. The molecule has 2 nitrogen and oxygen atoms in total. The number of phenolic OH excluding ortho intramolecular Hbond substituents is 1. The number of phenols is 1. The van der Waals surface area contributed by atoms with Crippen LogP contribution in [0.25, 0.3) is 0 Å². The number of aryl methyl sites for hydroxylation is 1. The average Bonchev–Trinajstić information content (AvgIpc) is 2.63. The third-order valence-corrected chi connectivity index (χ3v) is 4.30. The zero-order valence-electron chi connectivity index (χ0n) is 12.3. The van der Waals surface area contributed by atoms with Gasteiger partial charge >= 0.3 is 0 Å². The summed E-state index contributed by atoms with van der Waals surface area (Å²) < 4.78 is 0. The number of hydrogen-bond acceptors (Lipinski definition) is 2. The number of aromatic hydroxyl groups is 1. The van der Waals surface area contributed by atoms with Crippen LogP contribution in [-0.4, -0.2) is 5.11 Å². The van der Waals surface area contributed by atoms with Crippen LogP contribution in [0.4, 0.5) is 5.69 Å². The van der Waals surface area contributed by atoms with Crippen molar-refractivity contribution >= 4 is 5.69 Å². The monoisotopic (exact) mass is 267 g/mol. The number of benzene rings is 2. The van der Waals surface area contributed by atoms with Gasteiger partial charge < -0.3 is 10.4 Å². The van der Waals surface area contributed by atoms with Crippen LogP contribution < -0.4 is 5.32 Å². The summed E-state index contributed by atoms with van der Waals surface area (Å²) in [6, 6.07) is 14.5. The fourth-order valence-electron chi connectivity index (χ4n) is 3.23. The summed E-state index contributed by atoms with van der Waals surface area (Å²) in [7, 11) is 0. The number of fused-ring (bicyclic) bond motifs is 1. The van der Waals surface area contributed by atoms with Crippen molar-refractivity contribution in [1.29, 1.82) is 0 Å². The molecule has 0 saturated carbocycles. The highest BCUT2D eigenvalue weighted by Crippen LogP contribution is 2.47. The number of hydrogen-bond donors (Lipinski definition) is 2. The van der Waals surface area contributed by atoms with E-state index in [-0.39, 0.29) is 5.41 Å². The first-order valence-corrected chi connectivity index (χ1v) is 7.11. The fourth-order valence-corrected chi connectivity index (χ4v) is 3.23. The molecular weight excluding hydrogens is 246 g/mol. The van der Waals surface area contributed by atoms with Crippen LogP contribution in [0.1, 0.15) is 36.6 Å². The van der Waals surface area contributed by atoms with Gasteiger partial charge in [-0.1, -0.05) is 38.1 Å². The van der Waals surface area contributed by atoms with E-state index in [4.69, 9.17) is 0 Å². The van der Waals surface area contributed by atoms with Crippen molar-refractivity contribution in [1.82, 2.24) is 0 Å². The van der Waals surface area contributed by atoms with Gasteiger partial charge in [-0.05, 0) is 53.6 Å². The molecule has 0 heterocycles. The van der Waals surface area contributed by atoms with E-state index in [1.165, 1.54) is 11.1 Å². The van der Waals surface area contributed by atoms with Crippen LogP contribution in [0.2, 0.25) is 0 Å². The Morgan fingerprint density at radius 1 is 1.15 bits per heavy atom. The molecule has 2 aromatic rings. The van der Waals surface area contributed by atoms with Gasteiger partial charge in [-0.25, -0.2) is 0 Å². The van der Waals surface area contributed by atoms with Gasteiger partial charge in [0.1, 0.15) is 5.75 Å². The molecule has 0 amide bonds. The lowest BCUT2D eigenvalue weighted by Gasteiger charge is -2.30. The van der Waals surface area contributed by atoms with E-state index in [2.05, 4.69) is 43.4 Å².